The summed E-state index contributed by atoms with van der Waals surface area (Å²) in [6, 6.07) is 0. The fraction of sp³-hybridized carbons (Fsp3) is 0.684. The summed E-state index contributed by atoms with van der Waals surface area (Å²) in [6.07, 6.45) is 11.0. The van der Waals surface area contributed by atoms with Crippen LogP contribution in [0.25, 0.3) is 0 Å². The molecule has 5 nitrogen and oxygen atoms in total. The van der Waals surface area contributed by atoms with Crippen molar-refractivity contribution in [3.63, 3.8) is 0 Å². The third-order valence-electron chi connectivity index (χ3n) is 4.22. The first-order chi connectivity index (χ1) is 11.5. The highest BCUT2D eigenvalue weighted by Gasteiger charge is 2.23. The first kappa shape index (κ1) is 20.3. The van der Waals surface area contributed by atoms with Crippen LogP contribution in [0.2, 0.25) is 0 Å². The number of carbonyl (C=O) groups excluding carboxylic acids is 2. The van der Waals surface area contributed by atoms with Crippen LogP contribution < -0.4 is 0 Å². The molecule has 1 aliphatic heterocycles. The van der Waals surface area contributed by atoms with Gasteiger partial charge in [0.05, 0.1) is 0 Å². The molecule has 1 heterocycles. The van der Waals surface area contributed by atoms with Crippen LogP contribution in [0.1, 0.15) is 46.0 Å². The molecule has 24 heavy (non-hydrogen) atoms. The summed E-state index contributed by atoms with van der Waals surface area (Å²) in [5, 5.41) is 0. The Kier molecular flexibility index (Phi) is 9.20. The van der Waals surface area contributed by atoms with E-state index in [1.54, 1.807) is 30.0 Å². The van der Waals surface area contributed by atoms with Crippen LogP contribution in [0, 0.1) is 0 Å². The van der Waals surface area contributed by atoms with Crippen molar-refractivity contribution >= 4 is 11.8 Å². The van der Waals surface area contributed by atoms with Crippen molar-refractivity contribution in [2.45, 2.75) is 46.0 Å². The average Bonchev–Trinajstić information content (AvgIpc) is 2.59. The van der Waals surface area contributed by atoms with Crippen molar-refractivity contribution in [3.8, 4) is 0 Å². The number of hydrogen-bond donors (Lipinski definition) is 0. The van der Waals surface area contributed by atoms with Crippen LogP contribution in [0.3, 0.4) is 0 Å². The summed E-state index contributed by atoms with van der Waals surface area (Å²) in [6.45, 7) is 7.44. The first-order valence-electron chi connectivity index (χ1n) is 9.14. The number of hydrogen-bond acceptors (Lipinski definition) is 3. The molecule has 136 valence electrons. The third kappa shape index (κ3) is 6.38. The van der Waals surface area contributed by atoms with Gasteiger partial charge in [-0.2, -0.15) is 0 Å². The summed E-state index contributed by atoms with van der Waals surface area (Å²) < 4.78 is 0. The van der Waals surface area contributed by atoms with Crippen LogP contribution in [0.4, 0.5) is 0 Å². The molecular formula is C19H33N3O2. The van der Waals surface area contributed by atoms with Gasteiger partial charge in [-0.25, -0.2) is 0 Å². The molecule has 2 amide bonds. The zero-order valence-electron chi connectivity index (χ0n) is 15.8. The van der Waals surface area contributed by atoms with Gasteiger partial charge in [0.2, 0.25) is 0 Å². The third-order valence-corrected chi connectivity index (χ3v) is 4.22. The van der Waals surface area contributed by atoms with Crippen molar-refractivity contribution in [3.05, 3.63) is 23.9 Å². The Bertz CT molecular complexity index is 439. The van der Waals surface area contributed by atoms with Crippen LogP contribution in [0.5, 0.6) is 0 Å². The maximum atomic E-state index is 12.6. The quantitative estimate of drug-likeness (QED) is 0.296. The Labute approximate surface area is 147 Å². The number of rotatable bonds is 8. The van der Waals surface area contributed by atoms with Crippen molar-refractivity contribution in [1.82, 2.24) is 14.7 Å². The fourth-order valence-corrected chi connectivity index (χ4v) is 2.85. The maximum Gasteiger partial charge on any atom is 0.259 e. The Morgan fingerprint density at radius 3 is 1.88 bits per heavy atom. The Balaban J connectivity index is 2.89. The number of carbonyl (C=O) groups is 2. The topological polar surface area (TPSA) is 43.9 Å². The number of nitrogens with zero attached hydrogens (tertiary/aromatic N) is 3. The van der Waals surface area contributed by atoms with Crippen LogP contribution in [-0.4, -0.2) is 66.8 Å². The van der Waals surface area contributed by atoms with Gasteiger partial charge in [-0.05, 0) is 50.5 Å². The minimum Gasteiger partial charge on any atom is -0.377 e. The number of allylic oxidation sites excluding steroid dienone is 2. The van der Waals surface area contributed by atoms with Gasteiger partial charge in [-0.15, -0.1) is 0 Å². The normalized spacial score (nSPS) is 14.6. The average molecular weight is 335 g/mol. The molecule has 5 heteroatoms. The minimum absolute atomic E-state index is 0.201. The lowest BCUT2D eigenvalue weighted by Crippen LogP contribution is -2.37. The molecule has 0 radical (unpaired) electrons. The van der Waals surface area contributed by atoms with Gasteiger partial charge in [0.15, 0.2) is 0 Å². The molecule has 0 saturated carbocycles. The predicted molar refractivity (Wildman–Crippen MR) is 98.5 cm³/mol. The van der Waals surface area contributed by atoms with E-state index < -0.39 is 0 Å². The smallest absolute Gasteiger partial charge is 0.259 e. The fourth-order valence-electron chi connectivity index (χ4n) is 2.85. The van der Waals surface area contributed by atoms with E-state index in [4.69, 9.17) is 0 Å². The van der Waals surface area contributed by atoms with E-state index in [2.05, 4.69) is 4.90 Å². The molecule has 1 aliphatic rings. The zero-order chi connectivity index (χ0) is 17.9. The van der Waals surface area contributed by atoms with Gasteiger partial charge < -0.3 is 14.7 Å². The van der Waals surface area contributed by atoms with Crippen LogP contribution in [0.15, 0.2) is 23.9 Å². The Morgan fingerprint density at radius 2 is 1.42 bits per heavy atom. The molecule has 1 fully saturated rings. The molecule has 0 aromatic carbocycles. The van der Waals surface area contributed by atoms with E-state index in [9.17, 15) is 9.59 Å². The second-order valence-corrected chi connectivity index (χ2v) is 6.47. The molecule has 0 N–H and O–H groups in total. The van der Waals surface area contributed by atoms with E-state index in [0.717, 1.165) is 25.9 Å². The first-order valence-corrected chi connectivity index (χ1v) is 9.14. The molecule has 0 aromatic rings. The van der Waals surface area contributed by atoms with Crippen molar-refractivity contribution in [2.75, 3.05) is 40.3 Å². The highest BCUT2D eigenvalue weighted by molar-refractivity contribution is 6.18. The Morgan fingerprint density at radius 1 is 0.917 bits per heavy atom. The monoisotopic (exact) mass is 335 g/mol. The molecule has 0 aromatic heterocycles. The van der Waals surface area contributed by atoms with Crippen LogP contribution in [-0.2, 0) is 9.59 Å². The van der Waals surface area contributed by atoms with Gasteiger partial charge in [0.1, 0.15) is 5.57 Å². The van der Waals surface area contributed by atoms with Gasteiger partial charge in [0.25, 0.3) is 11.8 Å². The standard InChI is InChI=1S/C19H33N3O2/c1-5-12-20(3)18(23)17(19(24)21(4)13-6-2)11-10-16-22-14-8-7-9-15-22/h10-11,16H,5-9,12-15H2,1-4H3/b16-10+. The van der Waals surface area contributed by atoms with E-state index in [1.165, 1.54) is 19.3 Å². The van der Waals surface area contributed by atoms with E-state index in [1.807, 2.05) is 26.1 Å². The predicted octanol–water partition coefficient (Wildman–Crippen LogP) is 2.65. The largest absolute Gasteiger partial charge is 0.377 e. The number of likely N-dealkylation sites (tertiary alicyclic amines) is 1. The van der Waals surface area contributed by atoms with Crippen molar-refractivity contribution in [2.24, 2.45) is 0 Å². The molecular weight excluding hydrogens is 302 g/mol. The van der Waals surface area contributed by atoms with Gasteiger partial charge in [-0.1, -0.05) is 13.8 Å². The van der Waals surface area contributed by atoms with Gasteiger partial charge in [-0.3, -0.25) is 9.59 Å². The van der Waals surface area contributed by atoms with E-state index >= 15 is 0 Å². The van der Waals surface area contributed by atoms with Gasteiger partial charge >= 0.3 is 0 Å². The summed E-state index contributed by atoms with van der Waals surface area (Å²) in [5.74, 6) is -0.402. The summed E-state index contributed by atoms with van der Waals surface area (Å²) in [5.41, 5.74) is 0.246. The summed E-state index contributed by atoms with van der Waals surface area (Å²) >= 11 is 0. The zero-order valence-corrected chi connectivity index (χ0v) is 15.8. The molecule has 0 spiro atoms. The molecule has 0 bridgehead atoms. The maximum absolute atomic E-state index is 12.6. The lowest BCUT2D eigenvalue weighted by molar-refractivity contribution is -0.132. The highest BCUT2D eigenvalue weighted by Crippen LogP contribution is 2.10. The van der Waals surface area contributed by atoms with Crippen molar-refractivity contribution < 1.29 is 9.59 Å². The number of likely N-dealkylation sites (N-methyl/N-ethyl adjacent to an activating group) is 2. The van der Waals surface area contributed by atoms with E-state index in [-0.39, 0.29) is 17.4 Å². The molecule has 1 rings (SSSR count). The van der Waals surface area contributed by atoms with Crippen LogP contribution >= 0.6 is 0 Å². The molecule has 1 saturated heterocycles. The van der Waals surface area contributed by atoms with Crippen molar-refractivity contribution in [1.29, 1.82) is 0 Å². The summed E-state index contributed by atoms with van der Waals surface area (Å²) in [4.78, 5) is 30.8. The lowest BCUT2D eigenvalue weighted by Gasteiger charge is -2.24. The number of piperidine rings is 1. The molecule has 0 atom stereocenters. The molecule has 0 unspecified atom stereocenters. The van der Waals surface area contributed by atoms with E-state index in [0.29, 0.717) is 13.1 Å². The second kappa shape index (κ2) is 10.9. The highest BCUT2D eigenvalue weighted by atomic mass is 16.2. The lowest BCUT2D eigenvalue weighted by atomic mass is 10.1. The SMILES string of the molecule is CCCN(C)C(=O)C(=C/C=C/N1CCCCC1)C(=O)N(C)CCC. The minimum atomic E-state index is -0.201. The number of amides is 2. The summed E-state index contributed by atoms with van der Waals surface area (Å²) in [7, 11) is 3.50. The molecule has 0 aliphatic carbocycles. The van der Waals surface area contributed by atoms with Gasteiger partial charge in [0, 0.05) is 40.3 Å². The Hall–Kier alpha value is -1.78. The second-order valence-electron chi connectivity index (χ2n) is 6.47.